The van der Waals surface area contributed by atoms with Crippen molar-refractivity contribution in [1.29, 1.82) is 0 Å². The molecule has 1 saturated heterocycles. The van der Waals surface area contributed by atoms with Crippen molar-refractivity contribution in [2.45, 2.75) is 25.3 Å². The van der Waals surface area contributed by atoms with Crippen molar-refractivity contribution in [3.05, 3.63) is 29.6 Å². The minimum Gasteiger partial charge on any atom is -0.496 e. The zero-order valence-electron chi connectivity index (χ0n) is 11.6. The minimum atomic E-state index is -0.199. The lowest BCUT2D eigenvalue weighted by Crippen LogP contribution is -2.22. The molecule has 0 radical (unpaired) electrons. The summed E-state index contributed by atoms with van der Waals surface area (Å²) in [5.41, 5.74) is 0.934. The Kier molecular flexibility index (Phi) is 5.52. The van der Waals surface area contributed by atoms with Crippen LogP contribution in [0, 0.1) is 11.7 Å². The van der Waals surface area contributed by atoms with Gasteiger partial charge in [0.05, 0.1) is 7.11 Å². The number of methoxy groups -OCH3 is 1. The third-order valence-electron chi connectivity index (χ3n) is 3.83. The normalized spacial score (nSPS) is 18.3. The van der Waals surface area contributed by atoms with Crippen molar-refractivity contribution in [3.63, 3.8) is 0 Å². The Hall–Kier alpha value is -0.740. The van der Waals surface area contributed by atoms with Crippen LogP contribution in [0.5, 0.6) is 5.75 Å². The van der Waals surface area contributed by atoms with Crippen LogP contribution in [0.1, 0.15) is 30.9 Å². The molecule has 1 atom stereocenters. The Morgan fingerprint density at radius 1 is 1.42 bits per heavy atom. The van der Waals surface area contributed by atoms with E-state index in [9.17, 15) is 4.39 Å². The van der Waals surface area contributed by atoms with Gasteiger partial charge >= 0.3 is 0 Å². The van der Waals surface area contributed by atoms with E-state index >= 15 is 0 Å². The van der Waals surface area contributed by atoms with Gasteiger partial charge in [-0.25, -0.2) is 4.39 Å². The maximum Gasteiger partial charge on any atom is 0.123 e. The first kappa shape index (κ1) is 14.7. The number of hydrogen-bond donors (Lipinski definition) is 1. The van der Waals surface area contributed by atoms with E-state index in [0.29, 0.717) is 0 Å². The van der Waals surface area contributed by atoms with Crippen LogP contribution in [-0.2, 0) is 0 Å². The summed E-state index contributed by atoms with van der Waals surface area (Å²) in [7, 11) is 3.58. The Balaban J connectivity index is 2.13. The van der Waals surface area contributed by atoms with Crippen molar-refractivity contribution in [2.24, 2.45) is 5.92 Å². The number of rotatable bonds is 5. The molecule has 0 saturated carbocycles. The van der Waals surface area contributed by atoms with Crippen LogP contribution >= 0.6 is 11.8 Å². The first-order valence-corrected chi connectivity index (χ1v) is 7.98. The standard InChI is InChI=1S/C15H22FNOS/c1-17-14(9-11-5-7-19-8-6-11)13-10-12(16)3-4-15(13)18-2/h3-4,10-11,14,17H,5-9H2,1-2H3. The van der Waals surface area contributed by atoms with Gasteiger partial charge in [-0.3, -0.25) is 0 Å². The van der Waals surface area contributed by atoms with E-state index in [-0.39, 0.29) is 11.9 Å². The highest BCUT2D eigenvalue weighted by Gasteiger charge is 2.22. The molecule has 0 aliphatic carbocycles. The van der Waals surface area contributed by atoms with Gasteiger partial charge in [-0.15, -0.1) is 0 Å². The fourth-order valence-corrected chi connectivity index (χ4v) is 3.90. The number of thioether (sulfide) groups is 1. The lowest BCUT2D eigenvalue weighted by molar-refractivity contribution is 0.362. The number of hydrogen-bond acceptors (Lipinski definition) is 3. The molecule has 1 fully saturated rings. The van der Waals surface area contributed by atoms with Crippen molar-refractivity contribution in [2.75, 3.05) is 25.7 Å². The number of nitrogens with one attached hydrogen (secondary N) is 1. The lowest BCUT2D eigenvalue weighted by atomic mass is 9.90. The zero-order valence-corrected chi connectivity index (χ0v) is 12.4. The third kappa shape index (κ3) is 3.86. The molecule has 1 aliphatic heterocycles. The molecule has 0 spiro atoms. The van der Waals surface area contributed by atoms with E-state index < -0.39 is 0 Å². The van der Waals surface area contributed by atoms with Gasteiger partial charge in [0.25, 0.3) is 0 Å². The highest BCUT2D eigenvalue weighted by Crippen LogP contribution is 2.34. The summed E-state index contributed by atoms with van der Waals surface area (Å²) in [5, 5.41) is 3.31. The molecule has 106 valence electrons. The summed E-state index contributed by atoms with van der Waals surface area (Å²) in [5.74, 6) is 3.80. The van der Waals surface area contributed by atoms with Gasteiger partial charge in [0.15, 0.2) is 0 Å². The fraction of sp³-hybridized carbons (Fsp3) is 0.600. The van der Waals surface area contributed by atoms with E-state index in [1.807, 2.05) is 18.8 Å². The maximum absolute atomic E-state index is 13.5. The van der Waals surface area contributed by atoms with Crippen LogP contribution in [0.4, 0.5) is 4.39 Å². The predicted molar refractivity (Wildman–Crippen MR) is 79.4 cm³/mol. The van der Waals surface area contributed by atoms with Crippen LogP contribution in [0.2, 0.25) is 0 Å². The van der Waals surface area contributed by atoms with E-state index in [1.54, 1.807) is 19.2 Å². The molecule has 1 aromatic rings. The summed E-state index contributed by atoms with van der Waals surface area (Å²) in [6, 6.07) is 4.93. The Morgan fingerprint density at radius 2 is 2.16 bits per heavy atom. The second kappa shape index (κ2) is 7.15. The molecule has 1 aliphatic rings. The summed E-state index contributed by atoms with van der Waals surface area (Å²) >= 11 is 2.03. The highest BCUT2D eigenvalue weighted by atomic mass is 32.2. The van der Waals surface area contributed by atoms with Gasteiger partial charge in [0.2, 0.25) is 0 Å². The Bertz CT molecular complexity index is 407. The van der Waals surface area contributed by atoms with E-state index in [0.717, 1.165) is 23.7 Å². The van der Waals surface area contributed by atoms with Gasteiger partial charge < -0.3 is 10.1 Å². The van der Waals surface area contributed by atoms with Gasteiger partial charge in [-0.1, -0.05) is 0 Å². The summed E-state index contributed by atoms with van der Waals surface area (Å²) < 4.78 is 18.8. The van der Waals surface area contributed by atoms with Gasteiger partial charge in [-0.05, 0) is 61.9 Å². The molecule has 4 heteroatoms. The van der Waals surface area contributed by atoms with E-state index in [2.05, 4.69) is 5.32 Å². The van der Waals surface area contributed by atoms with Crippen LogP contribution in [-0.4, -0.2) is 25.7 Å². The smallest absolute Gasteiger partial charge is 0.123 e. The van der Waals surface area contributed by atoms with Gasteiger partial charge in [0, 0.05) is 11.6 Å². The molecule has 0 amide bonds. The second-order valence-corrected chi connectivity index (χ2v) is 6.24. The van der Waals surface area contributed by atoms with Crippen molar-refractivity contribution < 1.29 is 9.13 Å². The molecule has 1 unspecified atom stereocenters. The maximum atomic E-state index is 13.5. The summed E-state index contributed by atoms with van der Waals surface area (Å²) in [6.07, 6.45) is 3.58. The Labute approximate surface area is 119 Å². The molecule has 1 N–H and O–H groups in total. The average molecular weight is 283 g/mol. The van der Waals surface area contributed by atoms with E-state index in [4.69, 9.17) is 4.74 Å². The van der Waals surface area contributed by atoms with Crippen LogP contribution in [0.25, 0.3) is 0 Å². The molecule has 2 rings (SSSR count). The summed E-state index contributed by atoms with van der Waals surface area (Å²) in [6.45, 7) is 0. The average Bonchev–Trinajstić information content (AvgIpc) is 2.46. The molecule has 0 aromatic heterocycles. The van der Waals surface area contributed by atoms with Crippen LogP contribution in [0.3, 0.4) is 0 Å². The highest BCUT2D eigenvalue weighted by molar-refractivity contribution is 7.99. The first-order valence-electron chi connectivity index (χ1n) is 6.83. The van der Waals surface area contributed by atoms with Gasteiger partial charge in [0.1, 0.15) is 11.6 Å². The zero-order chi connectivity index (χ0) is 13.7. The topological polar surface area (TPSA) is 21.3 Å². The molecule has 1 aromatic carbocycles. The molecule has 0 bridgehead atoms. The third-order valence-corrected chi connectivity index (χ3v) is 4.87. The monoisotopic (exact) mass is 283 g/mol. The molecule has 19 heavy (non-hydrogen) atoms. The largest absolute Gasteiger partial charge is 0.496 e. The Morgan fingerprint density at radius 3 is 2.79 bits per heavy atom. The predicted octanol–water partition coefficient (Wildman–Crippen LogP) is 3.63. The second-order valence-electron chi connectivity index (χ2n) is 5.02. The molecular weight excluding hydrogens is 261 g/mol. The minimum absolute atomic E-state index is 0.166. The van der Waals surface area contributed by atoms with Crippen LogP contribution < -0.4 is 10.1 Å². The lowest BCUT2D eigenvalue weighted by Gasteiger charge is -2.27. The molecule has 1 heterocycles. The first-order chi connectivity index (χ1) is 9.24. The van der Waals surface area contributed by atoms with E-state index in [1.165, 1.54) is 30.4 Å². The SMILES string of the molecule is CNC(CC1CCSCC1)c1cc(F)ccc1OC. The number of ether oxygens (including phenoxy) is 1. The van der Waals surface area contributed by atoms with Crippen molar-refractivity contribution in [1.82, 2.24) is 5.32 Å². The molecular formula is C15H22FNOS. The van der Waals surface area contributed by atoms with Gasteiger partial charge in [-0.2, -0.15) is 11.8 Å². The fourth-order valence-electron chi connectivity index (χ4n) is 2.69. The number of benzene rings is 1. The summed E-state index contributed by atoms with van der Waals surface area (Å²) in [4.78, 5) is 0. The molecule has 2 nitrogen and oxygen atoms in total. The van der Waals surface area contributed by atoms with Crippen molar-refractivity contribution >= 4 is 11.8 Å². The van der Waals surface area contributed by atoms with Crippen molar-refractivity contribution in [3.8, 4) is 5.75 Å². The quantitative estimate of drug-likeness (QED) is 0.891. The van der Waals surface area contributed by atoms with Crippen LogP contribution in [0.15, 0.2) is 18.2 Å². The number of halogens is 1.